The van der Waals surface area contributed by atoms with Gasteiger partial charge in [0, 0.05) is 5.56 Å². The third-order valence-corrected chi connectivity index (χ3v) is 5.17. The number of carbonyl (C=O) groups is 2. The Kier molecular flexibility index (Phi) is 8.37. The van der Waals surface area contributed by atoms with Gasteiger partial charge < -0.3 is 19.7 Å². The van der Waals surface area contributed by atoms with Crippen LogP contribution in [0.4, 0.5) is 0 Å². The number of carboxylic acid groups (broad SMARTS) is 1. The van der Waals surface area contributed by atoms with Crippen molar-refractivity contribution < 1.29 is 29.3 Å². The smallest absolute Gasteiger partial charge is 0.341 e. The number of hydrazone groups is 1. The molecule has 0 saturated heterocycles. The van der Waals surface area contributed by atoms with Gasteiger partial charge in [-0.15, -0.1) is 6.58 Å². The quantitative estimate of drug-likeness (QED) is 0.223. The molecule has 0 aliphatic heterocycles. The largest absolute Gasteiger partial charge is 0.493 e. The second-order valence-electron chi connectivity index (χ2n) is 7.53. The van der Waals surface area contributed by atoms with Crippen LogP contribution in [0.3, 0.4) is 0 Å². The summed E-state index contributed by atoms with van der Waals surface area (Å²) in [5, 5.41) is 24.5. The van der Waals surface area contributed by atoms with Crippen LogP contribution in [0.2, 0.25) is 0 Å². The first kappa shape index (κ1) is 25.2. The highest BCUT2D eigenvalue weighted by molar-refractivity contribution is 5.91. The number of benzene rings is 3. The Balaban J connectivity index is 1.89. The normalized spacial score (nSPS) is 11.1. The van der Waals surface area contributed by atoms with Crippen LogP contribution in [-0.4, -0.2) is 42.0 Å². The Morgan fingerprint density at radius 2 is 1.66 bits per heavy atom. The van der Waals surface area contributed by atoms with Gasteiger partial charge in [0.2, 0.25) is 0 Å². The number of ether oxygens (including phenoxy) is 2. The SMILES string of the molecule is C=CCc1cc(/C=N\NC(=O)C(O)(c2ccccc2)c2ccccc2)cc(OC)c1OCC(=O)O. The van der Waals surface area contributed by atoms with Crippen molar-refractivity contribution >= 4 is 18.1 Å². The summed E-state index contributed by atoms with van der Waals surface area (Å²) < 4.78 is 10.8. The number of aliphatic hydroxyl groups is 1. The number of methoxy groups -OCH3 is 1. The first-order chi connectivity index (χ1) is 16.9. The number of hydrogen-bond acceptors (Lipinski definition) is 6. The summed E-state index contributed by atoms with van der Waals surface area (Å²) in [6.07, 6.45) is 3.43. The summed E-state index contributed by atoms with van der Waals surface area (Å²) in [6, 6.07) is 20.5. The maximum Gasteiger partial charge on any atom is 0.341 e. The lowest BCUT2D eigenvalue weighted by atomic mass is 9.85. The highest BCUT2D eigenvalue weighted by Gasteiger charge is 2.39. The van der Waals surface area contributed by atoms with Gasteiger partial charge in [-0.2, -0.15) is 5.10 Å². The van der Waals surface area contributed by atoms with Crippen LogP contribution in [0, 0.1) is 0 Å². The minimum absolute atomic E-state index is 0.290. The number of carboxylic acids is 1. The van der Waals surface area contributed by atoms with Crippen LogP contribution in [0.25, 0.3) is 0 Å². The molecule has 8 heteroatoms. The van der Waals surface area contributed by atoms with Crippen molar-refractivity contribution in [3.05, 3.63) is 108 Å². The van der Waals surface area contributed by atoms with Gasteiger partial charge in [0.1, 0.15) is 0 Å². The molecule has 0 heterocycles. The molecule has 0 atom stereocenters. The van der Waals surface area contributed by atoms with E-state index in [4.69, 9.17) is 14.6 Å². The summed E-state index contributed by atoms with van der Waals surface area (Å²) in [7, 11) is 1.43. The van der Waals surface area contributed by atoms with Crippen molar-refractivity contribution in [2.45, 2.75) is 12.0 Å². The zero-order valence-electron chi connectivity index (χ0n) is 19.2. The first-order valence-corrected chi connectivity index (χ1v) is 10.7. The Morgan fingerprint density at radius 3 is 2.17 bits per heavy atom. The summed E-state index contributed by atoms with van der Waals surface area (Å²) in [5.74, 6) is -1.25. The standard InChI is InChI=1S/C27H26N2O6/c1-3-10-20-15-19(16-23(34-2)25(20)35-18-24(30)31)17-28-29-26(32)27(33,21-11-6-4-7-12-21)22-13-8-5-9-14-22/h3-9,11-17,33H,1,10,18H2,2H3,(H,29,32)(H,30,31)/b28-17-. The van der Waals surface area contributed by atoms with Crippen LogP contribution in [0.1, 0.15) is 22.3 Å². The predicted octanol–water partition coefficient (Wildman–Crippen LogP) is 3.27. The minimum Gasteiger partial charge on any atom is -0.493 e. The van der Waals surface area contributed by atoms with E-state index in [1.165, 1.54) is 13.3 Å². The number of hydrogen-bond donors (Lipinski definition) is 3. The average molecular weight is 475 g/mol. The summed E-state index contributed by atoms with van der Waals surface area (Å²) >= 11 is 0. The topological polar surface area (TPSA) is 117 Å². The Hall–Kier alpha value is -4.43. The molecule has 35 heavy (non-hydrogen) atoms. The maximum absolute atomic E-state index is 13.2. The van der Waals surface area contributed by atoms with Crippen molar-refractivity contribution in [3.63, 3.8) is 0 Å². The van der Waals surface area contributed by atoms with Gasteiger partial charge in [-0.3, -0.25) is 4.79 Å². The zero-order chi connectivity index (χ0) is 25.3. The number of nitrogens with zero attached hydrogens (tertiary/aromatic N) is 1. The number of amides is 1. The molecule has 180 valence electrons. The Morgan fingerprint density at radius 1 is 1.06 bits per heavy atom. The van der Waals surface area contributed by atoms with Crippen LogP contribution in [0.15, 0.2) is 90.6 Å². The molecule has 0 saturated carbocycles. The van der Waals surface area contributed by atoms with Gasteiger partial charge in [0.15, 0.2) is 23.7 Å². The van der Waals surface area contributed by atoms with Gasteiger partial charge in [-0.05, 0) is 35.2 Å². The molecule has 0 aliphatic rings. The zero-order valence-corrected chi connectivity index (χ0v) is 19.2. The summed E-state index contributed by atoms with van der Waals surface area (Å²) in [5.41, 5.74) is 2.46. The molecule has 0 aromatic heterocycles. The molecule has 3 aromatic carbocycles. The van der Waals surface area contributed by atoms with Crippen LogP contribution >= 0.6 is 0 Å². The van der Waals surface area contributed by atoms with Gasteiger partial charge in [-0.1, -0.05) is 66.7 Å². The summed E-state index contributed by atoms with van der Waals surface area (Å²) in [6.45, 7) is 3.19. The van der Waals surface area contributed by atoms with E-state index in [1.54, 1.807) is 78.9 Å². The molecule has 8 nitrogen and oxygen atoms in total. The average Bonchev–Trinajstić information content (AvgIpc) is 2.88. The molecule has 0 radical (unpaired) electrons. The van der Waals surface area contributed by atoms with E-state index in [0.717, 1.165) is 0 Å². The van der Waals surface area contributed by atoms with Gasteiger partial charge in [-0.25, -0.2) is 10.2 Å². The van der Waals surface area contributed by atoms with E-state index in [-0.39, 0.29) is 0 Å². The van der Waals surface area contributed by atoms with Crippen LogP contribution in [0.5, 0.6) is 11.5 Å². The third kappa shape index (κ3) is 5.93. The number of carbonyl (C=O) groups excluding carboxylic acids is 1. The predicted molar refractivity (Wildman–Crippen MR) is 132 cm³/mol. The molecule has 0 fully saturated rings. The van der Waals surface area contributed by atoms with E-state index >= 15 is 0 Å². The van der Waals surface area contributed by atoms with Crippen LogP contribution < -0.4 is 14.9 Å². The first-order valence-electron chi connectivity index (χ1n) is 10.7. The van der Waals surface area contributed by atoms with Gasteiger partial charge >= 0.3 is 5.97 Å². The fraction of sp³-hybridized carbons (Fsp3) is 0.148. The molecule has 3 N–H and O–H groups in total. The molecule has 1 amide bonds. The van der Waals surface area contributed by atoms with Crippen molar-refractivity contribution in [3.8, 4) is 11.5 Å². The van der Waals surface area contributed by atoms with Crippen LogP contribution in [-0.2, 0) is 21.6 Å². The Bertz CT molecular complexity index is 1170. The van der Waals surface area contributed by atoms with Crippen molar-refractivity contribution in [2.75, 3.05) is 13.7 Å². The molecular weight excluding hydrogens is 448 g/mol. The third-order valence-electron chi connectivity index (χ3n) is 5.17. The highest BCUT2D eigenvalue weighted by Crippen LogP contribution is 2.33. The second kappa shape index (κ2) is 11.6. The number of nitrogens with one attached hydrogen (secondary N) is 1. The highest BCUT2D eigenvalue weighted by atomic mass is 16.5. The number of rotatable bonds is 11. The van der Waals surface area contributed by atoms with E-state index in [9.17, 15) is 14.7 Å². The summed E-state index contributed by atoms with van der Waals surface area (Å²) in [4.78, 5) is 24.1. The van der Waals surface area contributed by atoms with Gasteiger partial charge in [0.25, 0.3) is 5.91 Å². The Labute approximate surface area is 203 Å². The lowest BCUT2D eigenvalue weighted by Gasteiger charge is -2.27. The molecule has 0 unspecified atom stereocenters. The van der Waals surface area contributed by atoms with E-state index in [2.05, 4.69) is 17.1 Å². The minimum atomic E-state index is -1.96. The molecule has 0 spiro atoms. The molecule has 3 aromatic rings. The number of allylic oxidation sites excluding steroid dienone is 1. The fourth-order valence-electron chi connectivity index (χ4n) is 3.55. The number of aliphatic carboxylic acids is 1. The molecule has 3 rings (SSSR count). The van der Waals surface area contributed by atoms with Crippen molar-refractivity contribution in [1.82, 2.24) is 5.43 Å². The van der Waals surface area contributed by atoms with E-state index in [1.807, 2.05) is 0 Å². The fourth-order valence-corrected chi connectivity index (χ4v) is 3.55. The van der Waals surface area contributed by atoms with E-state index < -0.39 is 24.1 Å². The monoisotopic (exact) mass is 474 g/mol. The van der Waals surface area contributed by atoms with Crippen molar-refractivity contribution in [2.24, 2.45) is 5.10 Å². The molecule has 0 aliphatic carbocycles. The lowest BCUT2D eigenvalue weighted by Crippen LogP contribution is -2.43. The second-order valence-corrected chi connectivity index (χ2v) is 7.53. The molecular formula is C27H26N2O6. The molecule has 0 bridgehead atoms. The van der Waals surface area contributed by atoms with Crippen molar-refractivity contribution in [1.29, 1.82) is 0 Å². The van der Waals surface area contributed by atoms with E-state index in [0.29, 0.717) is 40.2 Å². The van der Waals surface area contributed by atoms with Gasteiger partial charge in [0.05, 0.1) is 13.3 Å². The maximum atomic E-state index is 13.2. The lowest BCUT2D eigenvalue weighted by molar-refractivity contribution is -0.139.